The van der Waals surface area contributed by atoms with Gasteiger partial charge in [0.25, 0.3) is 5.91 Å². The molecule has 0 unspecified atom stereocenters. The van der Waals surface area contributed by atoms with Crippen LogP contribution in [-0.4, -0.2) is 94.7 Å². The first kappa shape index (κ1) is 38.1. The first-order valence-corrected chi connectivity index (χ1v) is 20.1. The van der Waals surface area contributed by atoms with Gasteiger partial charge in [-0.05, 0) is 89.4 Å². The SMILES string of the molecule is CCn1c(-c2cccnc2[C@H](C)OC)c2c3cc(ccc31)-c1csc(n1)C[C@H](NC(=O)[C@@H]1CCCN(C)C1)C(=O)N1CCC[C@H](N1)C(=O)OCC(C)(C)C2. The number of amides is 2. The predicted molar refractivity (Wildman–Crippen MR) is 210 cm³/mol. The van der Waals surface area contributed by atoms with E-state index in [1.807, 2.05) is 31.6 Å². The molecule has 0 aliphatic carbocycles. The highest BCUT2D eigenvalue weighted by molar-refractivity contribution is 7.10. The van der Waals surface area contributed by atoms with Crippen LogP contribution in [0.15, 0.2) is 41.9 Å². The molecule has 3 aromatic heterocycles. The summed E-state index contributed by atoms with van der Waals surface area (Å²) in [7, 11) is 3.72. The lowest BCUT2D eigenvalue weighted by atomic mass is 9.84. The van der Waals surface area contributed by atoms with E-state index >= 15 is 0 Å². The molecule has 6 bridgehead atoms. The molecule has 1 aromatic carbocycles. The number of esters is 1. The van der Waals surface area contributed by atoms with Gasteiger partial charge in [-0.25, -0.2) is 10.4 Å². The Balaban J connectivity index is 1.33. The lowest BCUT2D eigenvalue weighted by Crippen LogP contribution is -2.61. The van der Waals surface area contributed by atoms with Crippen molar-refractivity contribution in [3.8, 4) is 22.5 Å². The fraction of sp³-hybridized carbons (Fsp3) is 0.537. The number of nitrogens with one attached hydrogen (secondary N) is 2. The summed E-state index contributed by atoms with van der Waals surface area (Å²) >= 11 is 1.49. The molecule has 0 spiro atoms. The van der Waals surface area contributed by atoms with Crippen molar-refractivity contribution in [1.29, 1.82) is 0 Å². The minimum absolute atomic E-state index is 0.125. The molecule has 288 valence electrons. The monoisotopic (exact) mass is 755 g/mol. The van der Waals surface area contributed by atoms with Crippen molar-refractivity contribution in [3.05, 3.63) is 58.2 Å². The van der Waals surface area contributed by atoms with Gasteiger partial charge >= 0.3 is 5.97 Å². The zero-order chi connectivity index (χ0) is 38.1. The molecule has 2 amide bonds. The number of aromatic nitrogens is 3. The average Bonchev–Trinajstić information content (AvgIpc) is 3.77. The Morgan fingerprint density at radius 1 is 1.19 bits per heavy atom. The Labute approximate surface area is 321 Å². The number of cyclic esters (lactones) is 1. The molecule has 6 heterocycles. The number of fused-ring (bicyclic) bond motifs is 6. The van der Waals surface area contributed by atoms with Gasteiger partial charge in [0, 0.05) is 72.2 Å². The third-order valence-electron chi connectivity index (χ3n) is 11.2. The number of rotatable bonds is 6. The first-order chi connectivity index (χ1) is 26.0. The topological polar surface area (TPSA) is 131 Å². The number of hydrogen-bond acceptors (Lipinski definition) is 10. The second-order valence-electron chi connectivity index (χ2n) is 15.9. The van der Waals surface area contributed by atoms with E-state index in [2.05, 4.69) is 65.2 Å². The summed E-state index contributed by atoms with van der Waals surface area (Å²) in [6.07, 6.45) is 5.34. The number of hydrazine groups is 1. The minimum atomic E-state index is -0.845. The quantitative estimate of drug-likeness (QED) is 0.244. The second kappa shape index (κ2) is 15.9. The number of carbonyl (C=O) groups is 3. The molecule has 12 nitrogen and oxygen atoms in total. The van der Waals surface area contributed by atoms with Gasteiger partial charge in [-0.2, -0.15) is 0 Å². The van der Waals surface area contributed by atoms with Crippen molar-refractivity contribution in [1.82, 2.24) is 35.2 Å². The Morgan fingerprint density at radius 3 is 2.78 bits per heavy atom. The van der Waals surface area contributed by atoms with E-state index in [4.69, 9.17) is 19.4 Å². The first-order valence-electron chi connectivity index (χ1n) is 19.3. The van der Waals surface area contributed by atoms with Crippen molar-refractivity contribution < 1.29 is 23.9 Å². The molecule has 0 radical (unpaired) electrons. The number of hydrogen-bond donors (Lipinski definition) is 2. The zero-order valence-corrected chi connectivity index (χ0v) is 33.1. The number of methoxy groups -OCH3 is 1. The van der Waals surface area contributed by atoms with E-state index in [0.717, 1.165) is 75.6 Å². The number of likely N-dealkylation sites (tertiary alicyclic amines) is 1. The van der Waals surface area contributed by atoms with Crippen LogP contribution in [0, 0.1) is 11.3 Å². The summed E-state index contributed by atoms with van der Waals surface area (Å²) < 4.78 is 14.2. The Morgan fingerprint density at radius 2 is 2.00 bits per heavy atom. The Hall–Kier alpha value is -4.17. The normalized spacial score (nSPS) is 23.1. The molecule has 3 aliphatic heterocycles. The van der Waals surface area contributed by atoms with Gasteiger partial charge in [0.2, 0.25) is 5.91 Å². The number of carbonyl (C=O) groups excluding carboxylic acids is 3. The van der Waals surface area contributed by atoms with Gasteiger partial charge in [-0.3, -0.25) is 24.4 Å². The maximum Gasteiger partial charge on any atom is 0.324 e. The fourth-order valence-electron chi connectivity index (χ4n) is 8.23. The summed E-state index contributed by atoms with van der Waals surface area (Å²) in [5.74, 6) is -0.988. The summed E-state index contributed by atoms with van der Waals surface area (Å²) in [6.45, 7) is 11.4. The summed E-state index contributed by atoms with van der Waals surface area (Å²) in [5, 5.41) is 8.49. The van der Waals surface area contributed by atoms with Crippen molar-refractivity contribution in [2.45, 2.75) is 91.0 Å². The zero-order valence-electron chi connectivity index (χ0n) is 32.3. The number of nitrogens with zero attached hydrogens (tertiary/aromatic N) is 5. The van der Waals surface area contributed by atoms with Gasteiger partial charge < -0.3 is 24.3 Å². The van der Waals surface area contributed by atoms with Crippen LogP contribution < -0.4 is 10.7 Å². The van der Waals surface area contributed by atoms with Crippen molar-refractivity contribution >= 4 is 40.0 Å². The lowest BCUT2D eigenvalue weighted by Gasteiger charge is -2.36. The van der Waals surface area contributed by atoms with E-state index in [-0.39, 0.29) is 42.8 Å². The number of aryl methyl sites for hydroxylation is 1. The largest absolute Gasteiger partial charge is 0.464 e. The maximum atomic E-state index is 14.2. The minimum Gasteiger partial charge on any atom is -0.464 e. The molecule has 3 aliphatic rings. The van der Waals surface area contributed by atoms with E-state index < -0.39 is 17.5 Å². The third kappa shape index (κ3) is 7.82. The number of benzene rings is 1. The second-order valence-corrected chi connectivity index (χ2v) is 16.8. The standard InChI is InChI=1S/C41H53N7O5S/c1-7-47-34-15-14-26-19-29(34)30(37(47)28-12-8-16-42-36(28)25(2)52-6)21-41(3,4)24-53-40(51)31-13-10-18-48(45-31)39(50)32(20-35-43-33(26)23-54-35)44-38(49)27-11-9-17-46(5)22-27/h8,12,14-16,19,23,25,27,31-32,45H,7,9-11,13,17-18,20-22,24H2,1-6H3,(H,44,49)/t25-,27+,31-,32-/m0/s1. The van der Waals surface area contributed by atoms with Crippen LogP contribution in [-0.2, 0) is 43.2 Å². The molecule has 2 fully saturated rings. The van der Waals surface area contributed by atoms with Crippen LogP contribution >= 0.6 is 11.3 Å². The van der Waals surface area contributed by atoms with Crippen LogP contribution in [0.5, 0.6) is 0 Å². The average molecular weight is 756 g/mol. The van der Waals surface area contributed by atoms with Crippen LogP contribution in [0.25, 0.3) is 33.4 Å². The Kier molecular flexibility index (Phi) is 11.2. The van der Waals surface area contributed by atoms with Gasteiger partial charge in [0.15, 0.2) is 0 Å². The fourth-order valence-corrected chi connectivity index (χ4v) is 9.08. The molecule has 4 atom stereocenters. The van der Waals surface area contributed by atoms with Gasteiger partial charge in [0.05, 0.1) is 40.7 Å². The van der Waals surface area contributed by atoms with Crippen molar-refractivity contribution in [2.75, 3.05) is 40.4 Å². The molecule has 7 rings (SSSR count). The molecular formula is C41H53N7O5S. The van der Waals surface area contributed by atoms with Crippen molar-refractivity contribution in [2.24, 2.45) is 11.3 Å². The third-order valence-corrected chi connectivity index (χ3v) is 12.0. The molecule has 54 heavy (non-hydrogen) atoms. The van der Waals surface area contributed by atoms with Gasteiger partial charge in [-0.15, -0.1) is 11.3 Å². The van der Waals surface area contributed by atoms with Crippen LogP contribution in [0.3, 0.4) is 0 Å². The summed E-state index contributed by atoms with van der Waals surface area (Å²) in [6, 6.07) is 9.04. The molecular weight excluding hydrogens is 703 g/mol. The maximum absolute atomic E-state index is 14.2. The highest BCUT2D eigenvalue weighted by Gasteiger charge is 2.37. The highest BCUT2D eigenvalue weighted by Crippen LogP contribution is 2.42. The number of pyridine rings is 1. The predicted octanol–water partition coefficient (Wildman–Crippen LogP) is 5.54. The van der Waals surface area contributed by atoms with E-state index in [1.54, 1.807) is 7.11 Å². The van der Waals surface area contributed by atoms with Crippen LogP contribution in [0.1, 0.15) is 75.7 Å². The number of thiazole rings is 1. The number of piperidine rings is 1. The van der Waals surface area contributed by atoms with Crippen LogP contribution in [0.4, 0.5) is 0 Å². The summed E-state index contributed by atoms with van der Waals surface area (Å²) in [5.41, 5.74) is 9.70. The van der Waals surface area contributed by atoms with E-state index in [0.29, 0.717) is 32.4 Å². The number of ether oxygens (including phenoxy) is 2. The highest BCUT2D eigenvalue weighted by atomic mass is 32.1. The smallest absolute Gasteiger partial charge is 0.324 e. The molecule has 0 saturated carbocycles. The summed E-state index contributed by atoms with van der Waals surface area (Å²) in [4.78, 5) is 53.5. The van der Waals surface area contributed by atoms with Gasteiger partial charge in [0.1, 0.15) is 12.1 Å². The van der Waals surface area contributed by atoms with E-state index in [9.17, 15) is 14.4 Å². The molecule has 2 N–H and O–H groups in total. The molecule has 4 aromatic rings. The molecule has 13 heteroatoms. The molecule has 2 saturated heterocycles. The van der Waals surface area contributed by atoms with Gasteiger partial charge in [-0.1, -0.05) is 19.9 Å². The van der Waals surface area contributed by atoms with Crippen molar-refractivity contribution in [3.63, 3.8) is 0 Å². The van der Waals surface area contributed by atoms with Crippen LogP contribution in [0.2, 0.25) is 0 Å². The Bertz CT molecular complexity index is 2020. The lowest BCUT2D eigenvalue weighted by molar-refractivity contribution is -0.155. The van der Waals surface area contributed by atoms with E-state index in [1.165, 1.54) is 16.3 Å².